The van der Waals surface area contributed by atoms with E-state index in [0.29, 0.717) is 6.04 Å². The lowest BCUT2D eigenvalue weighted by Crippen LogP contribution is -2.42. The fraction of sp³-hybridized carbons (Fsp3) is 0.500. The molecule has 0 spiro atoms. The van der Waals surface area contributed by atoms with Crippen LogP contribution >= 0.6 is 11.3 Å². The minimum absolute atomic E-state index is 0.601. The molecule has 2 aromatic heterocycles. The lowest BCUT2D eigenvalue weighted by molar-refractivity contribution is 0.411. The van der Waals surface area contributed by atoms with Crippen LogP contribution in [-0.2, 0) is 6.54 Å². The van der Waals surface area contributed by atoms with E-state index >= 15 is 0 Å². The second-order valence-corrected chi connectivity index (χ2v) is 7.09. The molecule has 1 N–H and O–H groups in total. The topological polar surface area (TPSA) is 41.0 Å². The van der Waals surface area contributed by atoms with Gasteiger partial charge < -0.3 is 10.2 Å². The number of hydrogen-bond donors (Lipinski definition) is 1. The van der Waals surface area contributed by atoms with Crippen LogP contribution in [0.5, 0.6) is 0 Å². The van der Waals surface area contributed by atoms with Gasteiger partial charge in [-0.1, -0.05) is 0 Å². The number of piperidine rings is 1. The third-order valence-corrected chi connectivity index (χ3v) is 5.06. The molecule has 1 fully saturated rings. The van der Waals surface area contributed by atoms with Gasteiger partial charge >= 0.3 is 0 Å². The van der Waals surface area contributed by atoms with Crippen molar-refractivity contribution in [1.29, 1.82) is 0 Å². The number of hydrogen-bond acceptors (Lipinski definition) is 5. The highest BCUT2D eigenvalue weighted by Crippen LogP contribution is 2.21. The number of nitrogens with zero attached hydrogens (tertiary/aromatic N) is 3. The first-order valence-electron chi connectivity index (χ1n) is 7.53. The van der Waals surface area contributed by atoms with Crippen LogP contribution in [0.2, 0.25) is 0 Å². The second kappa shape index (κ2) is 6.54. The molecule has 3 heterocycles. The summed E-state index contributed by atoms with van der Waals surface area (Å²) in [6.45, 7) is 7.44. The standard InChI is InChI=1S/C16H22N4S/c1-12-10-14(13(2)21-12)11-19-15-4-8-20(9-5-15)16-17-6-3-7-18-16/h3,6-7,10,15,19H,4-5,8-9,11H2,1-2H3. The van der Waals surface area contributed by atoms with Crippen molar-refractivity contribution in [3.8, 4) is 0 Å². The Hall–Kier alpha value is -1.46. The van der Waals surface area contributed by atoms with Crippen molar-refractivity contribution >= 4 is 17.3 Å². The lowest BCUT2D eigenvalue weighted by Gasteiger charge is -2.32. The van der Waals surface area contributed by atoms with E-state index in [4.69, 9.17) is 0 Å². The minimum atomic E-state index is 0.601. The molecule has 1 saturated heterocycles. The molecule has 0 amide bonds. The SMILES string of the molecule is Cc1cc(CNC2CCN(c3ncccn3)CC2)c(C)s1. The Balaban J connectivity index is 1.49. The maximum Gasteiger partial charge on any atom is 0.225 e. The van der Waals surface area contributed by atoms with Gasteiger partial charge in [0.15, 0.2) is 0 Å². The van der Waals surface area contributed by atoms with Gasteiger partial charge in [-0.25, -0.2) is 9.97 Å². The Morgan fingerprint density at radius 1 is 1.24 bits per heavy atom. The van der Waals surface area contributed by atoms with Crippen LogP contribution < -0.4 is 10.2 Å². The zero-order valence-corrected chi connectivity index (χ0v) is 13.5. The molecule has 0 radical (unpaired) electrons. The monoisotopic (exact) mass is 302 g/mol. The molecule has 112 valence electrons. The minimum Gasteiger partial charge on any atom is -0.341 e. The first-order chi connectivity index (χ1) is 10.2. The highest BCUT2D eigenvalue weighted by molar-refractivity contribution is 7.12. The van der Waals surface area contributed by atoms with Crippen LogP contribution in [0.4, 0.5) is 5.95 Å². The van der Waals surface area contributed by atoms with Crippen molar-refractivity contribution in [1.82, 2.24) is 15.3 Å². The van der Waals surface area contributed by atoms with E-state index < -0.39 is 0 Å². The number of thiophene rings is 1. The van der Waals surface area contributed by atoms with Gasteiger partial charge in [0, 0.05) is 47.8 Å². The summed E-state index contributed by atoms with van der Waals surface area (Å²) >= 11 is 1.89. The van der Waals surface area contributed by atoms with Gasteiger partial charge in [-0.3, -0.25) is 0 Å². The molecule has 21 heavy (non-hydrogen) atoms. The molecule has 0 saturated carbocycles. The number of rotatable bonds is 4. The van der Waals surface area contributed by atoms with Gasteiger partial charge in [-0.15, -0.1) is 11.3 Å². The Morgan fingerprint density at radius 3 is 2.57 bits per heavy atom. The van der Waals surface area contributed by atoms with Crippen molar-refractivity contribution < 1.29 is 0 Å². The van der Waals surface area contributed by atoms with E-state index in [1.165, 1.54) is 15.3 Å². The summed E-state index contributed by atoms with van der Waals surface area (Å²) in [5.41, 5.74) is 1.45. The number of anilines is 1. The molecule has 0 aliphatic carbocycles. The molecule has 1 aliphatic rings. The summed E-state index contributed by atoms with van der Waals surface area (Å²) in [4.78, 5) is 13.8. The average molecular weight is 302 g/mol. The van der Waals surface area contributed by atoms with E-state index in [1.807, 2.05) is 29.8 Å². The summed E-state index contributed by atoms with van der Waals surface area (Å²) in [5, 5.41) is 3.70. The third-order valence-electron chi connectivity index (χ3n) is 4.05. The molecule has 1 aliphatic heterocycles. The van der Waals surface area contributed by atoms with Crippen molar-refractivity contribution in [3.63, 3.8) is 0 Å². The first-order valence-corrected chi connectivity index (χ1v) is 8.35. The van der Waals surface area contributed by atoms with Crippen molar-refractivity contribution in [2.24, 2.45) is 0 Å². The molecular formula is C16H22N4S. The largest absolute Gasteiger partial charge is 0.341 e. The van der Waals surface area contributed by atoms with Crippen LogP contribution in [0.15, 0.2) is 24.5 Å². The van der Waals surface area contributed by atoms with E-state index in [-0.39, 0.29) is 0 Å². The van der Waals surface area contributed by atoms with E-state index in [9.17, 15) is 0 Å². The lowest BCUT2D eigenvalue weighted by atomic mass is 10.0. The molecular weight excluding hydrogens is 280 g/mol. The predicted molar refractivity (Wildman–Crippen MR) is 87.9 cm³/mol. The molecule has 0 aromatic carbocycles. The maximum absolute atomic E-state index is 4.33. The van der Waals surface area contributed by atoms with Crippen LogP contribution in [0, 0.1) is 13.8 Å². The zero-order valence-electron chi connectivity index (χ0n) is 12.7. The number of aryl methyl sites for hydroxylation is 2. The van der Waals surface area contributed by atoms with E-state index in [1.54, 1.807) is 0 Å². The molecule has 4 nitrogen and oxygen atoms in total. The van der Waals surface area contributed by atoms with E-state index in [0.717, 1.165) is 38.4 Å². The molecule has 0 atom stereocenters. The van der Waals surface area contributed by atoms with Crippen molar-refractivity contribution in [3.05, 3.63) is 39.8 Å². The molecule has 0 unspecified atom stereocenters. The first kappa shape index (κ1) is 14.5. The summed E-state index contributed by atoms with van der Waals surface area (Å²) < 4.78 is 0. The Labute approximate surface area is 130 Å². The molecule has 2 aromatic rings. The van der Waals surface area contributed by atoms with Crippen LogP contribution in [-0.4, -0.2) is 29.1 Å². The molecule has 5 heteroatoms. The fourth-order valence-corrected chi connectivity index (χ4v) is 3.80. The Morgan fingerprint density at radius 2 is 1.95 bits per heavy atom. The average Bonchev–Trinajstić information content (AvgIpc) is 2.84. The number of aromatic nitrogens is 2. The van der Waals surface area contributed by atoms with Gasteiger partial charge in [0.2, 0.25) is 5.95 Å². The smallest absolute Gasteiger partial charge is 0.225 e. The zero-order chi connectivity index (χ0) is 14.7. The van der Waals surface area contributed by atoms with Crippen LogP contribution in [0.25, 0.3) is 0 Å². The highest BCUT2D eigenvalue weighted by atomic mass is 32.1. The Kier molecular flexibility index (Phi) is 4.51. The quantitative estimate of drug-likeness (QED) is 0.943. The summed E-state index contributed by atoms with van der Waals surface area (Å²) in [6, 6.07) is 4.77. The molecule has 0 bridgehead atoms. The highest BCUT2D eigenvalue weighted by Gasteiger charge is 2.20. The van der Waals surface area contributed by atoms with Crippen LogP contribution in [0.1, 0.15) is 28.2 Å². The van der Waals surface area contributed by atoms with Gasteiger partial charge in [0.25, 0.3) is 0 Å². The normalized spacial score (nSPS) is 16.4. The molecule has 3 rings (SSSR count). The van der Waals surface area contributed by atoms with Crippen molar-refractivity contribution in [2.45, 2.75) is 39.3 Å². The van der Waals surface area contributed by atoms with Gasteiger partial charge in [0.05, 0.1) is 0 Å². The predicted octanol–water partition coefficient (Wildman–Crippen LogP) is 2.91. The fourth-order valence-electron chi connectivity index (χ4n) is 2.85. The maximum atomic E-state index is 4.33. The van der Waals surface area contributed by atoms with Crippen molar-refractivity contribution in [2.75, 3.05) is 18.0 Å². The summed E-state index contributed by atoms with van der Waals surface area (Å²) in [7, 11) is 0. The van der Waals surface area contributed by atoms with Gasteiger partial charge in [-0.2, -0.15) is 0 Å². The summed E-state index contributed by atoms with van der Waals surface area (Å²) in [5.74, 6) is 0.861. The Bertz CT molecular complexity index is 573. The van der Waals surface area contributed by atoms with Gasteiger partial charge in [0.1, 0.15) is 0 Å². The third kappa shape index (κ3) is 3.60. The van der Waals surface area contributed by atoms with E-state index in [2.05, 4.69) is 40.1 Å². The second-order valence-electron chi connectivity index (χ2n) is 5.63. The van der Waals surface area contributed by atoms with Gasteiger partial charge in [-0.05, 0) is 44.4 Å². The number of nitrogens with one attached hydrogen (secondary N) is 1. The summed E-state index contributed by atoms with van der Waals surface area (Å²) in [6.07, 6.45) is 5.93. The van der Waals surface area contributed by atoms with Crippen LogP contribution in [0.3, 0.4) is 0 Å².